The van der Waals surface area contributed by atoms with Crippen LogP contribution in [-0.4, -0.2) is 52.2 Å². The van der Waals surface area contributed by atoms with Gasteiger partial charge in [-0.3, -0.25) is 0 Å². The van der Waals surface area contributed by atoms with Crippen molar-refractivity contribution in [3.8, 4) is 0 Å². The number of benzene rings is 1. The molecule has 1 aliphatic heterocycles. The normalized spacial score (nSPS) is 24.7. The molecule has 1 aliphatic rings. The van der Waals surface area contributed by atoms with E-state index in [1.807, 2.05) is 0 Å². The molecule has 1 heterocycles. The zero-order valence-electron chi connectivity index (χ0n) is 10.9. The zero-order valence-corrected chi connectivity index (χ0v) is 11.8. The second kappa shape index (κ2) is 5.46. The van der Waals surface area contributed by atoms with Crippen molar-refractivity contribution < 1.29 is 17.9 Å². The summed E-state index contributed by atoms with van der Waals surface area (Å²) >= 11 is 0. The standard InChI is InChI=1S/C12H18N2O4S/c1-17-11-7-14(8-12(11)18-2)19(15,16)10-5-3-9(13)4-6-10/h3-6,11-12H,7-8,13H2,1-2H3. The summed E-state index contributed by atoms with van der Waals surface area (Å²) in [5.74, 6) is 0. The van der Waals surface area contributed by atoms with Crippen LogP contribution in [0.3, 0.4) is 0 Å². The van der Waals surface area contributed by atoms with E-state index in [1.165, 1.54) is 16.4 Å². The SMILES string of the molecule is COC1CN(S(=O)(=O)c2ccc(N)cc2)CC1OC. The number of anilines is 1. The van der Waals surface area contributed by atoms with Crippen LogP contribution in [-0.2, 0) is 19.5 Å². The lowest BCUT2D eigenvalue weighted by molar-refractivity contribution is -0.00461. The molecule has 0 bridgehead atoms. The lowest BCUT2D eigenvalue weighted by atomic mass is 10.3. The van der Waals surface area contributed by atoms with Gasteiger partial charge in [0.25, 0.3) is 0 Å². The van der Waals surface area contributed by atoms with Crippen LogP contribution in [0.25, 0.3) is 0 Å². The van der Waals surface area contributed by atoms with Crippen LogP contribution in [0.1, 0.15) is 0 Å². The molecule has 1 aromatic carbocycles. The van der Waals surface area contributed by atoms with Gasteiger partial charge in [0.05, 0.1) is 17.1 Å². The molecular formula is C12H18N2O4S. The summed E-state index contributed by atoms with van der Waals surface area (Å²) in [5.41, 5.74) is 6.09. The van der Waals surface area contributed by atoms with Crippen molar-refractivity contribution in [1.82, 2.24) is 4.31 Å². The first-order chi connectivity index (χ1) is 8.98. The maximum atomic E-state index is 12.4. The van der Waals surface area contributed by atoms with E-state index < -0.39 is 10.0 Å². The zero-order chi connectivity index (χ0) is 14.0. The third kappa shape index (κ3) is 2.74. The molecule has 0 amide bonds. The molecule has 6 nitrogen and oxygen atoms in total. The monoisotopic (exact) mass is 286 g/mol. The van der Waals surface area contributed by atoms with Crippen LogP contribution in [0.5, 0.6) is 0 Å². The molecule has 2 N–H and O–H groups in total. The Morgan fingerprint density at radius 1 is 1.11 bits per heavy atom. The van der Waals surface area contributed by atoms with Crippen LogP contribution in [0, 0.1) is 0 Å². The Morgan fingerprint density at radius 3 is 2.00 bits per heavy atom. The fraction of sp³-hybridized carbons (Fsp3) is 0.500. The van der Waals surface area contributed by atoms with Gasteiger partial charge >= 0.3 is 0 Å². The quantitative estimate of drug-likeness (QED) is 0.805. The molecule has 0 radical (unpaired) electrons. The van der Waals surface area contributed by atoms with Gasteiger partial charge in [-0.1, -0.05) is 0 Å². The second-order valence-corrected chi connectivity index (χ2v) is 6.38. The highest BCUT2D eigenvalue weighted by molar-refractivity contribution is 7.89. The van der Waals surface area contributed by atoms with Crippen LogP contribution in [0.4, 0.5) is 5.69 Å². The summed E-state index contributed by atoms with van der Waals surface area (Å²) in [6, 6.07) is 6.16. The second-order valence-electron chi connectivity index (χ2n) is 4.44. The van der Waals surface area contributed by atoms with Crippen molar-refractivity contribution in [2.24, 2.45) is 0 Å². The first-order valence-electron chi connectivity index (χ1n) is 5.90. The number of nitrogens with two attached hydrogens (primary N) is 1. The van der Waals surface area contributed by atoms with E-state index in [0.717, 1.165) is 0 Å². The smallest absolute Gasteiger partial charge is 0.243 e. The predicted molar refractivity (Wildman–Crippen MR) is 71.2 cm³/mol. The van der Waals surface area contributed by atoms with Crippen molar-refractivity contribution in [2.75, 3.05) is 33.0 Å². The van der Waals surface area contributed by atoms with Gasteiger partial charge < -0.3 is 15.2 Å². The van der Waals surface area contributed by atoms with Gasteiger partial charge in [-0.25, -0.2) is 8.42 Å². The summed E-state index contributed by atoms with van der Waals surface area (Å²) in [7, 11) is -0.420. The van der Waals surface area contributed by atoms with Crippen LogP contribution in [0.15, 0.2) is 29.2 Å². The van der Waals surface area contributed by atoms with Gasteiger partial charge in [-0.15, -0.1) is 0 Å². The lowest BCUT2D eigenvalue weighted by Gasteiger charge is -2.15. The fourth-order valence-electron chi connectivity index (χ4n) is 2.15. The fourth-order valence-corrected chi connectivity index (χ4v) is 3.61. The highest BCUT2D eigenvalue weighted by Crippen LogP contribution is 2.24. The molecule has 1 fully saturated rings. The molecule has 2 atom stereocenters. The number of rotatable bonds is 4. The number of methoxy groups -OCH3 is 2. The number of hydrogen-bond donors (Lipinski definition) is 1. The van der Waals surface area contributed by atoms with E-state index in [4.69, 9.17) is 15.2 Å². The Hall–Kier alpha value is -1.15. The number of hydrogen-bond acceptors (Lipinski definition) is 5. The molecule has 2 rings (SSSR count). The topological polar surface area (TPSA) is 81.9 Å². The van der Waals surface area contributed by atoms with Crippen molar-refractivity contribution in [3.63, 3.8) is 0 Å². The molecule has 0 spiro atoms. The third-order valence-electron chi connectivity index (χ3n) is 3.31. The summed E-state index contributed by atoms with van der Waals surface area (Å²) in [6.07, 6.45) is -0.484. The van der Waals surface area contributed by atoms with E-state index in [0.29, 0.717) is 18.8 Å². The molecular weight excluding hydrogens is 268 g/mol. The number of nitrogen functional groups attached to an aromatic ring is 1. The van der Waals surface area contributed by atoms with Crippen LogP contribution >= 0.6 is 0 Å². The largest absolute Gasteiger partial charge is 0.399 e. The average molecular weight is 286 g/mol. The maximum absolute atomic E-state index is 12.4. The Kier molecular flexibility index (Phi) is 4.10. The van der Waals surface area contributed by atoms with E-state index >= 15 is 0 Å². The summed E-state index contributed by atoms with van der Waals surface area (Å²) in [4.78, 5) is 0.230. The molecule has 0 aliphatic carbocycles. The van der Waals surface area contributed by atoms with Crippen molar-refractivity contribution in [1.29, 1.82) is 0 Å². The maximum Gasteiger partial charge on any atom is 0.243 e. The molecule has 106 valence electrons. The van der Waals surface area contributed by atoms with Gasteiger partial charge in [0, 0.05) is 33.0 Å². The van der Waals surface area contributed by atoms with E-state index in [2.05, 4.69) is 0 Å². The van der Waals surface area contributed by atoms with E-state index in [9.17, 15) is 8.42 Å². The van der Waals surface area contributed by atoms with Gasteiger partial charge in [0.15, 0.2) is 0 Å². The minimum absolute atomic E-state index is 0.230. The Morgan fingerprint density at radius 2 is 1.58 bits per heavy atom. The minimum atomic E-state index is -3.52. The summed E-state index contributed by atoms with van der Waals surface area (Å²) in [5, 5.41) is 0. The minimum Gasteiger partial charge on any atom is -0.399 e. The summed E-state index contributed by atoms with van der Waals surface area (Å²) < 4.78 is 36.7. The van der Waals surface area contributed by atoms with E-state index in [-0.39, 0.29) is 17.1 Å². The van der Waals surface area contributed by atoms with Crippen LogP contribution in [0.2, 0.25) is 0 Å². The predicted octanol–water partition coefficient (Wildman–Crippen LogP) is 0.303. The number of sulfonamides is 1. The lowest BCUT2D eigenvalue weighted by Crippen LogP contribution is -2.30. The molecule has 7 heteroatoms. The molecule has 2 unspecified atom stereocenters. The third-order valence-corrected chi connectivity index (χ3v) is 5.15. The van der Waals surface area contributed by atoms with Gasteiger partial charge in [-0.2, -0.15) is 4.31 Å². The summed E-state index contributed by atoms with van der Waals surface area (Å²) in [6.45, 7) is 0.587. The highest BCUT2D eigenvalue weighted by Gasteiger charge is 2.39. The van der Waals surface area contributed by atoms with Gasteiger partial charge in [-0.05, 0) is 24.3 Å². The molecule has 0 aromatic heterocycles. The van der Waals surface area contributed by atoms with Crippen molar-refractivity contribution >= 4 is 15.7 Å². The molecule has 0 saturated carbocycles. The van der Waals surface area contributed by atoms with Crippen LogP contribution < -0.4 is 5.73 Å². The molecule has 1 aromatic rings. The highest BCUT2D eigenvalue weighted by atomic mass is 32.2. The molecule has 1 saturated heterocycles. The van der Waals surface area contributed by atoms with Gasteiger partial charge in [0.1, 0.15) is 0 Å². The van der Waals surface area contributed by atoms with E-state index in [1.54, 1.807) is 26.4 Å². The Bertz CT molecular complexity index is 517. The number of nitrogens with zero attached hydrogens (tertiary/aromatic N) is 1. The van der Waals surface area contributed by atoms with Crippen molar-refractivity contribution in [3.05, 3.63) is 24.3 Å². The van der Waals surface area contributed by atoms with Crippen molar-refractivity contribution in [2.45, 2.75) is 17.1 Å². The first-order valence-corrected chi connectivity index (χ1v) is 7.34. The Balaban J connectivity index is 2.24. The van der Waals surface area contributed by atoms with Gasteiger partial charge in [0.2, 0.25) is 10.0 Å². The average Bonchev–Trinajstić information content (AvgIpc) is 2.83. The number of ether oxygens (including phenoxy) is 2. The Labute approximate surface area is 113 Å². The first kappa shape index (κ1) is 14.3. The molecule has 19 heavy (non-hydrogen) atoms.